The number of hydrogen-bond donors (Lipinski definition) is 0. The van der Waals surface area contributed by atoms with Gasteiger partial charge in [-0.25, -0.2) is 0 Å². The maximum Gasteiger partial charge on any atom is 0.306 e. The Kier molecular flexibility index (Phi) is 49.0. The van der Waals surface area contributed by atoms with Crippen LogP contribution in [0.1, 0.15) is 233 Å². The number of ether oxygens (including phenoxy) is 3. The van der Waals surface area contributed by atoms with E-state index in [0.717, 1.165) is 96.3 Å². The summed E-state index contributed by atoms with van der Waals surface area (Å²) < 4.78 is 16.6. The molecule has 364 valence electrons. The molecule has 0 N–H and O–H groups in total. The van der Waals surface area contributed by atoms with Gasteiger partial charge >= 0.3 is 17.9 Å². The molecule has 6 nitrogen and oxygen atoms in total. The first-order valence-electron chi connectivity index (χ1n) is 26.2. The maximum absolute atomic E-state index is 12.7. The van der Waals surface area contributed by atoms with E-state index in [4.69, 9.17) is 14.2 Å². The average molecular weight is 889 g/mol. The van der Waals surface area contributed by atoms with Gasteiger partial charge in [0, 0.05) is 19.3 Å². The standard InChI is InChI=1S/C58H96O6/c1-4-7-10-13-16-18-20-22-24-26-27-28-29-30-31-33-34-36-38-40-42-45-48-51-57(60)63-54-55(53-62-56(59)50-47-44-15-12-9-6-3)64-58(61)52-49-46-43-41-39-37-35-32-25-23-21-19-17-14-11-8-5-2/h8,11,17,19-20,22-23,25-27,29-30,35,37,41,43,55H,4-7,9-10,12-16,18,21,24,28,31-34,36,38-40,42,44-54H2,1-3H3/b11-8-,19-17-,22-20-,25-23-,27-26-,30-29-,37-35-,43-41-. The van der Waals surface area contributed by atoms with Gasteiger partial charge in [0.1, 0.15) is 13.2 Å². The normalized spacial score (nSPS) is 12.9. The Morgan fingerprint density at radius 2 is 0.625 bits per heavy atom. The molecule has 0 aliphatic carbocycles. The Labute approximate surface area is 394 Å². The highest BCUT2D eigenvalue weighted by Crippen LogP contribution is 2.13. The van der Waals surface area contributed by atoms with Crippen LogP contribution < -0.4 is 0 Å². The van der Waals surface area contributed by atoms with E-state index in [1.807, 2.05) is 0 Å². The number of unbranched alkanes of at least 4 members (excludes halogenated alkanes) is 19. The largest absolute Gasteiger partial charge is 0.462 e. The lowest BCUT2D eigenvalue weighted by molar-refractivity contribution is -0.167. The summed E-state index contributed by atoms with van der Waals surface area (Å²) in [4.78, 5) is 37.7. The molecular weight excluding hydrogens is 793 g/mol. The van der Waals surface area contributed by atoms with Gasteiger partial charge in [-0.15, -0.1) is 0 Å². The molecule has 0 rings (SSSR count). The molecular formula is C58H96O6. The second kappa shape index (κ2) is 52.0. The van der Waals surface area contributed by atoms with E-state index in [2.05, 4.69) is 118 Å². The molecule has 64 heavy (non-hydrogen) atoms. The van der Waals surface area contributed by atoms with Crippen molar-refractivity contribution in [1.29, 1.82) is 0 Å². The Morgan fingerprint density at radius 1 is 0.328 bits per heavy atom. The number of hydrogen-bond acceptors (Lipinski definition) is 6. The molecule has 0 saturated carbocycles. The molecule has 0 spiro atoms. The second-order valence-corrected chi connectivity index (χ2v) is 17.1. The highest BCUT2D eigenvalue weighted by Gasteiger charge is 2.19. The fourth-order valence-corrected chi connectivity index (χ4v) is 6.90. The number of allylic oxidation sites excluding steroid dienone is 16. The van der Waals surface area contributed by atoms with Gasteiger partial charge in [-0.2, -0.15) is 0 Å². The fraction of sp³-hybridized carbons (Fsp3) is 0.672. The first-order valence-corrected chi connectivity index (χ1v) is 26.2. The molecule has 6 heteroatoms. The van der Waals surface area contributed by atoms with Crippen LogP contribution in [0.4, 0.5) is 0 Å². The zero-order chi connectivity index (χ0) is 46.5. The molecule has 1 atom stereocenters. The summed E-state index contributed by atoms with van der Waals surface area (Å²) in [5.41, 5.74) is 0. The quantitative estimate of drug-likeness (QED) is 0.0262. The highest BCUT2D eigenvalue weighted by molar-refractivity contribution is 5.71. The van der Waals surface area contributed by atoms with Crippen molar-refractivity contribution in [2.75, 3.05) is 13.2 Å². The van der Waals surface area contributed by atoms with E-state index in [0.29, 0.717) is 19.3 Å². The Bertz CT molecular complexity index is 1300. The van der Waals surface area contributed by atoms with Crippen molar-refractivity contribution in [3.8, 4) is 0 Å². The predicted octanol–water partition coefficient (Wildman–Crippen LogP) is 17.4. The van der Waals surface area contributed by atoms with Crippen molar-refractivity contribution in [1.82, 2.24) is 0 Å². The van der Waals surface area contributed by atoms with Crippen LogP contribution in [0, 0.1) is 0 Å². The van der Waals surface area contributed by atoms with E-state index < -0.39 is 6.10 Å². The molecule has 0 bridgehead atoms. The third-order valence-corrected chi connectivity index (χ3v) is 10.8. The van der Waals surface area contributed by atoms with E-state index in [9.17, 15) is 14.4 Å². The van der Waals surface area contributed by atoms with Crippen LogP contribution in [-0.4, -0.2) is 37.2 Å². The smallest absolute Gasteiger partial charge is 0.306 e. The van der Waals surface area contributed by atoms with Gasteiger partial charge in [-0.1, -0.05) is 214 Å². The van der Waals surface area contributed by atoms with E-state index in [1.165, 1.54) is 89.9 Å². The summed E-state index contributed by atoms with van der Waals surface area (Å²) >= 11 is 0. The van der Waals surface area contributed by atoms with Crippen LogP contribution in [0.2, 0.25) is 0 Å². The number of esters is 3. The topological polar surface area (TPSA) is 78.9 Å². The van der Waals surface area contributed by atoms with Crippen LogP contribution in [0.3, 0.4) is 0 Å². The van der Waals surface area contributed by atoms with Crippen LogP contribution >= 0.6 is 0 Å². The number of carbonyl (C=O) groups excluding carboxylic acids is 3. The summed E-state index contributed by atoms with van der Waals surface area (Å²) in [6.45, 7) is 6.39. The Hall–Kier alpha value is -3.67. The minimum atomic E-state index is -0.807. The molecule has 1 unspecified atom stereocenters. The van der Waals surface area contributed by atoms with E-state index in [1.54, 1.807) is 0 Å². The van der Waals surface area contributed by atoms with Gasteiger partial charge < -0.3 is 14.2 Å². The first kappa shape index (κ1) is 60.3. The van der Waals surface area contributed by atoms with Crippen LogP contribution in [0.25, 0.3) is 0 Å². The van der Waals surface area contributed by atoms with Gasteiger partial charge in [-0.3, -0.25) is 14.4 Å². The van der Waals surface area contributed by atoms with Crippen molar-refractivity contribution < 1.29 is 28.6 Å². The second-order valence-electron chi connectivity index (χ2n) is 17.1. The van der Waals surface area contributed by atoms with Crippen LogP contribution in [-0.2, 0) is 28.6 Å². The lowest BCUT2D eigenvalue weighted by Gasteiger charge is -2.18. The molecule has 0 fully saturated rings. The molecule has 0 amide bonds. The summed E-state index contributed by atoms with van der Waals surface area (Å²) in [5, 5.41) is 0. The fourth-order valence-electron chi connectivity index (χ4n) is 6.90. The molecule has 0 heterocycles. The minimum Gasteiger partial charge on any atom is -0.462 e. The summed E-state index contributed by atoms with van der Waals surface area (Å²) in [5.74, 6) is -0.983. The number of rotatable bonds is 46. The van der Waals surface area contributed by atoms with Crippen molar-refractivity contribution >= 4 is 17.9 Å². The summed E-state index contributed by atoms with van der Waals surface area (Å²) in [7, 11) is 0. The zero-order valence-electron chi connectivity index (χ0n) is 41.5. The van der Waals surface area contributed by atoms with Crippen molar-refractivity contribution in [3.05, 3.63) is 97.2 Å². The predicted molar refractivity (Wildman–Crippen MR) is 274 cm³/mol. The van der Waals surface area contributed by atoms with Crippen LogP contribution in [0.15, 0.2) is 97.2 Å². The maximum atomic E-state index is 12.7. The minimum absolute atomic E-state index is 0.104. The average Bonchev–Trinajstić information content (AvgIpc) is 3.29. The Morgan fingerprint density at radius 3 is 1.00 bits per heavy atom. The summed E-state index contributed by atoms with van der Waals surface area (Å²) in [6.07, 6.45) is 68.5. The van der Waals surface area contributed by atoms with Crippen molar-refractivity contribution in [2.24, 2.45) is 0 Å². The summed E-state index contributed by atoms with van der Waals surface area (Å²) in [6, 6.07) is 0. The molecule has 0 aromatic heterocycles. The van der Waals surface area contributed by atoms with Gasteiger partial charge in [0.25, 0.3) is 0 Å². The van der Waals surface area contributed by atoms with Crippen molar-refractivity contribution in [3.63, 3.8) is 0 Å². The van der Waals surface area contributed by atoms with Gasteiger partial charge in [0.2, 0.25) is 0 Å². The molecule has 0 aliphatic heterocycles. The lowest BCUT2D eigenvalue weighted by Crippen LogP contribution is -2.30. The molecule has 0 radical (unpaired) electrons. The molecule has 0 aliphatic rings. The van der Waals surface area contributed by atoms with Crippen LogP contribution in [0.5, 0.6) is 0 Å². The molecule has 0 saturated heterocycles. The van der Waals surface area contributed by atoms with Gasteiger partial charge in [0.05, 0.1) is 0 Å². The first-order chi connectivity index (χ1) is 31.5. The van der Waals surface area contributed by atoms with Crippen molar-refractivity contribution in [2.45, 2.75) is 239 Å². The van der Waals surface area contributed by atoms with Gasteiger partial charge in [-0.05, 0) is 96.3 Å². The van der Waals surface area contributed by atoms with E-state index >= 15 is 0 Å². The Balaban J connectivity index is 4.29. The molecule has 0 aromatic carbocycles. The van der Waals surface area contributed by atoms with Gasteiger partial charge in [0.15, 0.2) is 6.10 Å². The zero-order valence-corrected chi connectivity index (χ0v) is 41.5. The van der Waals surface area contributed by atoms with E-state index in [-0.39, 0.29) is 37.5 Å². The third-order valence-electron chi connectivity index (χ3n) is 10.8. The monoisotopic (exact) mass is 889 g/mol. The molecule has 0 aromatic rings. The number of carbonyl (C=O) groups is 3. The highest BCUT2D eigenvalue weighted by atomic mass is 16.6. The SMILES string of the molecule is CC/C=C\C/C=C\C/C=C\C/C=C\C/C=C\CCCC(=O)OC(COC(=O)CCCCCCCC)COC(=O)CCCCCCCCCC/C=C\C/C=C\C/C=C\CCCCCCC. The lowest BCUT2D eigenvalue weighted by atomic mass is 10.1. The third kappa shape index (κ3) is 49.3.